The van der Waals surface area contributed by atoms with Crippen LogP contribution in [0.1, 0.15) is 23.2 Å². The van der Waals surface area contributed by atoms with Crippen molar-refractivity contribution in [3.8, 4) is 0 Å². The first-order chi connectivity index (χ1) is 10.6. The standard InChI is InChI=1S/C16H17FN2O3/c17-11-1-2-14-12(7-11)15(20)13(9-18-14)16(21)19-8-10-3-5-22-6-4-10/h1-2,7,9-10H,3-6,8H2,(H,18,20)(H,19,21). The molecule has 3 rings (SSSR count). The minimum Gasteiger partial charge on any atom is -0.381 e. The van der Waals surface area contributed by atoms with Crippen molar-refractivity contribution in [2.24, 2.45) is 5.92 Å². The number of halogens is 1. The van der Waals surface area contributed by atoms with Crippen molar-refractivity contribution in [1.29, 1.82) is 0 Å². The maximum absolute atomic E-state index is 13.3. The van der Waals surface area contributed by atoms with E-state index >= 15 is 0 Å². The van der Waals surface area contributed by atoms with E-state index in [1.165, 1.54) is 18.3 Å². The number of amides is 1. The number of nitrogens with one attached hydrogen (secondary N) is 2. The Hall–Kier alpha value is -2.21. The van der Waals surface area contributed by atoms with E-state index in [4.69, 9.17) is 4.74 Å². The van der Waals surface area contributed by atoms with Gasteiger partial charge in [0, 0.05) is 36.9 Å². The molecule has 1 aliphatic rings. The van der Waals surface area contributed by atoms with Crippen molar-refractivity contribution in [2.75, 3.05) is 19.8 Å². The van der Waals surface area contributed by atoms with Crippen LogP contribution in [0.5, 0.6) is 0 Å². The molecule has 0 unspecified atom stereocenters. The van der Waals surface area contributed by atoms with Gasteiger partial charge in [-0.2, -0.15) is 0 Å². The van der Waals surface area contributed by atoms with E-state index in [0.29, 0.717) is 31.2 Å². The van der Waals surface area contributed by atoms with Gasteiger partial charge in [0.25, 0.3) is 5.91 Å². The fourth-order valence-corrected chi connectivity index (χ4v) is 2.64. The Bertz CT molecular complexity index is 751. The Morgan fingerprint density at radius 1 is 1.36 bits per heavy atom. The smallest absolute Gasteiger partial charge is 0.256 e. The Kier molecular flexibility index (Phi) is 4.20. The number of ether oxygens (including phenoxy) is 1. The lowest BCUT2D eigenvalue weighted by molar-refractivity contribution is 0.0642. The fraction of sp³-hybridized carbons (Fsp3) is 0.375. The second-order valence-corrected chi connectivity index (χ2v) is 5.49. The average molecular weight is 304 g/mol. The van der Waals surface area contributed by atoms with Gasteiger partial charge in [-0.15, -0.1) is 0 Å². The van der Waals surface area contributed by atoms with Gasteiger partial charge in [0.1, 0.15) is 11.4 Å². The molecular formula is C16H17FN2O3. The van der Waals surface area contributed by atoms with Gasteiger partial charge >= 0.3 is 0 Å². The van der Waals surface area contributed by atoms with Gasteiger partial charge in [-0.05, 0) is 37.0 Å². The number of hydrogen-bond donors (Lipinski definition) is 2. The number of benzene rings is 1. The molecule has 1 aromatic heterocycles. The average Bonchev–Trinajstić information content (AvgIpc) is 2.54. The highest BCUT2D eigenvalue weighted by atomic mass is 19.1. The van der Waals surface area contributed by atoms with Crippen molar-refractivity contribution in [3.63, 3.8) is 0 Å². The summed E-state index contributed by atoms with van der Waals surface area (Å²) >= 11 is 0. The van der Waals surface area contributed by atoms with Crippen LogP contribution >= 0.6 is 0 Å². The molecule has 2 aromatic rings. The van der Waals surface area contributed by atoms with Crippen LogP contribution in [0.15, 0.2) is 29.2 Å². The minimum atomic E-state index is -0.502. The van der Waals surface area contributed by atoms with E-state index in [9.17, 15) is 14.0 Å². The van der Waals surface area contributed by atoms with Gasteiger partial charge < -0.3 is 15.0 Å². The summed E-state index contributed by atoms with van der Waals surface area (Å²) in [6.07, 6.45) is 3.18. The van der Waals surface area contributed by atoms with Crippen LogP contribution in [0.3, 0.4) is 0 Å². The van der Waals surface area contributed by atoms with Crippen LogP contribution in [-0.2, 0) is 4.74 Å². The number of carbonyl (C=O) groups is 1. The first-order valence-electron chi connectivity index (χ1n) is 7.32. The SMILES string of the molecule is O=C(NCC1CCOCC1)c1c[nH]c2ccc(F)cc2c1=O. The Morgan fingerprint density at radius 3 is 2.91 bits per heavy atom. The van der Waals surface area contributed by atoms with Crippen LogP contribution in [0, 0.1) is 11.7 Å². The van der Waals surface area contributed by atoms with E-state index < -0.39 is 17.2 Å². The number of aromatic amines is 1. The van der Waals surface area contributed by atoms with Crippen LogP contribution in [-0.4, -0.2) is 30.6 Å². The number of carbonyl (C=O) groups excluding carboxylic acids is 1. The lowest BCUT2D eigenvalue weighted by atomic mass is 10.0. The quantitative estimate of drug-likeness (QED) is 0.908. The molecule has 2 heterocycles. The predicted molar refractivity (Wildman–Crippen MR) is 80.4 cm³/mol. The van der Waals surface area contributed by atoms with Crippen LogP contribution in [0.25, 0.3) is 10.9 Å². The summed E-state index contributed by atoms with van der Waals surface area (Å²) in [4.78, 5) is 27.3. The summed E-state index contributed by atoms with van der Waals surface area (Å²) in [5.74, 6) is -0.564. The summed E-state index contributed by atoms with van der Waals surface area (Å²) in [6.45, 7) is 1.93. The Labute approximate surface area is 126 Å². The normalized spacial score (nSPS) is 15.9. The highest BCUT2D eigenvalue weighted by Crippen LogP contribution is 2.14. The van der Waals surface area contributed by atoms with E-state index in [2.05, 4.69) is 10.3 Å². The van der Waals surface area contributed by atoms with Crippen molar-refractivity contribution in [2.45, 2.75) is 12.8 Å². The lowest BCUT2D eigenvalue weighted by Gasteiger charge is -2.22. The first kappa shape index (κ1) is 14.7. The molecule has 6 heteroatoms. The van der Waals surface area contributed by atoms with Gasteiger partial charge in [-0.1, -0.05) is 0 Å². The number of hydrogen-bond acceptors (Lipinski definition) is 3. The number of pyridine rings is 1. The zero-order valence-electron chi connectivity index (χ0n) is 12.0. The Morgan fingerprint density at radius 2 is 2.14 bits per heavy atom. The third-order valence-corrected chi connectivity index (χ3v) is 3.98. The topological polar surface area (TPSA) is 71.2 Å². The largest absolute Gasteiger partial charge is 0.381 e. The third kappa shape index (κ3) is 3.01. The number of aromatic nitrogens is 1. The van der Waals surface area contributed by atoms with Crippen molar-refractivity contribution >= 4 is 16.8 Å². The van der Waals surface area contributed by atoms with Gasteiger partial charge in [0.2, 0.25) is 5.43 Å². The molecule has 1 aliphatic heterocycles. The molecule has 0 bridgehead atoms. The molecule has 1 amide bonds. The van der Waals surface area contributed by atoms with E-state index in [0.717, 1.165) is 18.9 Å². The highest BCUT2D eigenvalue weighted by molar-refractivity contribution is 5.97. The summed E-state index contributed by atoms with van der Waals surface area (Å²) < 4.78 is 18.5. The van der Waals surface area contributed by atoms with E-state index in [1.54, 1.807) is 0 Å². The molecule has 0 atom stereocenters. The zero-order valence-corrected chi connectivity index (χ0v) is 12.0. The molecule has 1 aromatic carbocycles. The van der Waals surface area contributed by atoms with Gasteiger partial charge in [0.15, 0.2) is 0 Å². The number of fused-ring (bicyclic) bond motifs is 1. The third-order valence-electron chi connectivity index (χ3n) is 3.98. The van der Waals surface area contributed by atoms with Gasteiger partial charge in [0.05, 0.1) is 0 Å². The molecule has 1 saturated heterocycles. The number of H-pyrrole nitrogens is 1. The van der Waals surface area contributed by atoms with Crippen molar-refractivity contribution in [3.05, 3.63) is 46.0 Å². The van der Waals surface area contributed by atoms with Crippen LogP contribution in [0.4, 0.5) is 4.39 Å². The van der Waals surface area contributed by atoms with E-state index in [1.807, 2.05) is 0 Å². The van der Waals surface area contributed by atoms with Crippen molar-refractivity contribution in [1.82, 2.24) is 10.3 Å². The summed E-state index contributed by atoms with van der Waals surface area (Å²) in [5.41, 5.74) is 0.0512. The molecular weight excluding hydrogens is 287 g/mol. The molecule has 5 nitrogen and oxygen atoms in total. The van der Waals surface area contributed by atoms with Gasteiger partial charge in [-0.25, -0.2) is 4.39 Å². The molecule has 0 saturated carbocycles. The molecule has 0 spiro atoms. The molecule has 22 heavy (non-hydrogen) atoms. The molecule has 2 N–H and O–H groups in total. The predicted octanol–water partition coefficient (Wildman–Crippen LogP) is 1.82. The second-order valence-electron chi connectivity index (χ2n) is 5.49. The Balaban J connectivity index is 1.78. The number of rotatable bonds is 3. The monoisotopic (exact) mass is 304 g/mol. The van der Waals surface area contributed by atoms with E-state index in [-0.39, 0.29) is 10.9 Å². The maximum atomic E-state index is 13.3. The lowest BCUT2D eigenvalue weighted by Crippen LogP contribution is -2.34. The van der Waals surface area contributed by atoms with Crippen molar-refractivity contribution < 1.29 is 13.9 Å². The summed E-state index contributed by atoms with van der Waals surface area (Å²) in [6, 6.07) is 3.89. The maximum Gasteiger partial charge on any atom is 0.256 e. The first-order valence-corrected chi connectivity index (χ1v) is 7.32. The molecule has 0 aliphatic carbocycles. The second kappa shape index (κ2) is 6.27. The van der Waals surface area contributed by atoms with Gasteiger partial charge in [-0.3, -0.25) is 9.59 Å². The highest BCUT2D eigenvalue weighted by Gasteiger charge is 2.17. The zero-order chi connectivity index (χ0) is 15.5. The van der Waals surface area contributed by atoms with Crippen LogP contribution in [0.2, 0.25) is 0 Å². The fourth-order valence-electron chi connectivity index (χ4n) is 2.64. The molecule has 116 valence electrons. The molecule has 1 fully saturated rings. The summed E-state index contributed by atoms with van der Waals surface area (Å²) in [7, 11) is 0. The molecule has 0 radical (unpaired) electrons. The summed E-state index contributed by atoms with van der Waals surface area (Å²) in [5, 5.41) is 2.96. The van der Waals surface area contributed by atoms with Crippen LogP contribution < -0.4 is 10.7 Å². The minimum absolute atomic E-state index is 0.00478.